The highest BCUT2D eigenvalue weighted by molar-refractivity contribution is 7.61. The van der Waals surface area contributed by atoms with Crippen molar-refractivity contribution in [2.75, 3.05) is 26.4 Å². The largest absolute Gasteiger partial charge is 0.378 e. The number of rotatable bonds is 9. The van der Waals surface area contributed by atoms with Gasteiger partial charge in [-0.15, -0.1) is 0 Å². The molecule has 5 atom stereocenters. The first kappa shape index (κ1) is 24.7. The van der Waals surface area contributed by atoms with Gasteiger partial charge in [-0.25, -0.2) is 4.79 Å². The fourth-order valence-electron chi connectivity index (χ4n) is 4.34. The molecule has 3 fully saturated rings. The second-order valence-electron chi connectivity index (χ2n) is 8.41. The summed E-state index contributed by atoms with van der Waals surface area (Å²) in [5.74, 6) is -0.949. The van der Waals surface area contributed by atoms with Crippen molar-refractivity contribution in [2.45, 2.75) is 77.2 Å². The van der Waals surface area contributed by atoms with Gasteiger partial charge in [-0.2, -0.15) is 0 Å². The van der Waals surface area contributed by atoms with Gasteiger partial charge in [0, 0.05) is 19.1 Å². The molecule has 33 heavy (non-hydrogen) atoms. The number of H-pyrrole nitrogens is 1. The van der Waals surface area contributed by atoms with Gasteiger partial charge >= 0.3 is 13.3 Å². The van der Waals surface area contributed by atoms with E-state index in [4.69, 9.17) is 32.7 Å². The predicted molar refractivity (Wildman–Crippen MR) is 114 cm³/mol. The molecule has 1 aromatic heterocycles. The Morgan fingerprint density at radius 2 is 1.88 bits per heavy atom. The Bertz CT molecular complexity index is 991. The second-order valence-corrected chi connectivity index (χ2v) is 10.4. The minimum absolute atomic E-state index is 0.0420. The van der Waals surface area contributed by atoms with Crippen LogP contribution in [0.4, 0.5) is 0 Å². The van der Waals surface area contributed by atoms with Crippen molar-refractivity contribution < 1.29 is 37.3 Å². The third-order valence-electron chi connectivity index (χ3n) is 5.55. The van der Waals surface area contributed by atoms with Crippen molar-refractivity contribution in [1.82, 2.24) is 9.55 Å². The average Bonchev–Trinajstić information content (AvgIpc) is 3.42. The molecule has 0 saturated carbocycles. The van der Waals surface area contributed by atoms with Crippen LogP contribution in [0.15, 0.2) is 15.7 Å². The maximum Gasteiger partial charge on any atom is 0.378 e. The van der Waals surface area contributed by atoms with Crippen molar-refractivity contribution >= 4 is 13.0 Å². The molecule has 0 radical (unpaired) electrons. The molecule has 0 aliphatic carbocycles. The highest BCUT2D eigenvalue weighted by Gasteiger charge is 2.57. The fourth-order valence-corrected chi connectivity index (χ4v) is 6.10. The van der Waals surface area contributed by atoms with E-state index in [2.05, 4.69) is 4.98 Å². The molecule has 3 aliphatic heterocycles. The Labute approximate surface area is 190 Å². The number of hydrogen-bond donors (Lipinski definition) is 1. The SMILES string of the molecule is CCOP(=O)(OCC)c1cc(=O)[nH]c(=O)n1[C@@H]1O[C@H](COC2CCCO2)[C@H]2OC(C)(C)O[C@H]21. The van der Waals surface area contributed by atoms with E-state index in [1.54, 1.807) is 27.7 Å². The number of nitrogens with one attached hydrogen (secondary N) is 1. The van der Waals surface area contributed by atoms with Crippen molar-refractivity contribution in [1.29, 1.82) is 0 Å². The van der Waals surface area contributed by atoms with Crippen LogP contribution in [0.3, 0.4) is 0 Å². The van der Waals surface area contributed by atoms with Gasteiger partial charge in [0.25, 0.3) is 5.56 Å². The monoisotopic (exact) mass is 490 g/mol. The second kappa shape index (κ2) is 9.71. The smallest absolute Gasteiger partial charge is 0.353 e. The van der Waals surface area contributed by atoms with Crippen LogP contribution in [0.2, 0.25) is 0 Å². The lowest BCUT2D eigenvalue weighted by Crippen LogP contribution is -2.45. The van der Waals surface area contributed by atoms with E-state index in [-0.39, 0.29) is 31.5 Å². The van der Waals surface area contributed by atoms with Gasteiger partial charge in [0.1, 0.15) is 23.7 Å². The number of hydrogen-bond acceptors (Lipinski definition) is 10. The van der Waals surface area contributed by atoms with Gasteiger partial charge in [-0.05, 0) is 34.1 Å². The highest BCUT2D eigenvalue weighted by atomic mass is 31.2. The van der Waals surface area contributed by atoms with E-state index in [1.807, 2.05) is 0 Å². The normalized spacial score (nSPS) is 31.2. The van der Waals surface area contributed by atoms with Crippen molar-refractivity contribution in [3.63, 3.8) is 0 Å². The minimum Gasteiger partial charge on any atom is -0.353 e. The third-order valence-corrected chi connectivity index (χ3v) is 7.65. The number of aromatic nitrogens is 2. The maximum absolute atomic E-state index is 13.6. The molecule has 0 spiro atoms. The Hall–Kier alpha value is -1.37. The van der Waals surface area contributed by atoms with Crippen molar-refractivity contribution in [3.8, 4) is 0 Å². The first-order chi connectivity index (χ1) is 15.7. The van der Waals surface area contributed by atoms with Gasteiger partial charge in [-0.3, -0.25) is 18.9 Å². The number of fused-ring (bicyclic) bond motifs is 1. The molecule has 12 nitrogen and oxygen atoms in total. The average molecular weight is 490 g/mol. The van der Waals surface area contributed by atoms with Gasteiger partial charge in [0.05, 0.1) is 19.8 Å². The Balaban J connectivity index is 1.72. The van der Waals surface area contributed by atoms with E-state index in [0.29, 0.717) is 6.61 Å². The first-order valence-electron chi connectivity index (χ1n) is 11.2. The minimum atomic E-state index is -4.02. The van der Waals surface area contributed by atoms with Crippen LogP contribution in [-0.2, 0) is 37.3 Å². The molecule has 1 unspecified atom stereocenters. The maximum atomic E-state index is 13.6. The van der Waals surface area contributed by atoms with Crippen LogP contribution in [0.25, 0.3) is 0 Å². The van der Waals surface area contributed by atoms with E-state index >= 15 is 0 Å². The Morgan fingerprint density at radius 3 is 2.52 bits per heavy atom. The summed E-state index contributed by atoms with van der Waals surface area (Å²) in [5, 5.41) is 0. The van der Waals surface area contributed by atoms with Crippen LogP contribution < -0.4 is 16.7 Å². The summed E-state index contributed by atoms with van der Waals surface area (Å²) in [6.07, 6.45) is -1.61. The summed E-state index contributed by atoms with van der Waals surface area (Å²) in [4.78, 5) is 27.3. The molecule has 0 amide bonds. The summed E-state index contributed by atoms with van der Waals surface area (Å²) in [6, 6.07) is 1.03. The Kier molecular flexibility index (Phi) is 7.28. The fraction of sp³-hybridized carbons (Fsp3) is 0.800. The lowest BCUT2D eigenvalue weighted by molar-refractivity contribution is -0.211. The Morgan fingerprint density at radius 1 is 1.18 bits per heavy atom. The van der Waals surface area contributed by atoms with Crippen molar-refractivity contribution in [3.05, 3.63) is 26.9 Å². The highest BCUT2D eigenvalue weighted by Crippen LogP contribution is 2.48. The predicted octanol–water partition coefficient (Wildman–Crippen LogP) is 0.999. The zero-order valence-electron chi connectivity index (χ0n) is 19.2. The van der Waals surface area contributed by atoms with Crippen LogP contribution >= 0.6 is 7.60 Å². The van der Waals surface area contributed by atoms with Crippen LogP contribution in [0, 0.1) is 0 Å². The molecular weight excluding hydrogens is 459 g/mol. The van der Waals surface area contributed by atoms with E-state index in [9.17, 15) is 14.2 Å². The molecule has 0 aromatic carbocycles. The standard InChI is InChI=1S/C20H31N2O10P/c1-5-28-33(25,29-6-2)14-10-13(23)21-19(24)22(14)18-17-16(31-20(3,4)32-17)12(30-18)11-27-15-8-7-9-26-15/h10,12,15-18H,5-9,11H2,1-4H3,(H,21,23,24)/t12-,15?,16-,17-,18-/m1/s1. The summed E-state index contributed by atoms with van der Waals surface area (Å²) < 4.78 is 55.1. The molecule has 13 heteroatoms. The lowest BCUT2D eigenvalue weighted by atomic mass is 10.1. The van der Waals surface area contributed by atoms with E-state index in [1.165, 1.54) is 0 Å². The van der Waals surface area contributed by atoms with Crippen LogP contribution in [0.5, 0.6) is 0 Å². The molecular formula is C20H31N2O10P. The number of nitrogens with zero attached hydrogens (tertiary/aromatic N) is 1. The van der Waals surface area contributed by atoms with Crippen LogP contribution in [0.1, 0.15) is 46.8 Å². The zero-order valence-corrected chi connectivity index (χ0v) is 20.1. The molecule has 0 bridgehead atoms. The summed E-state index contributed by atoms with van der Waals surface area (Å²) in [7, 11) is -4.02. The molecule has 3 saturated heterocycles. The topological polar surface area (TPSA) is 137 Å². The molecule has 186 valence electrons. The molecule has 4 rings (SSSR count). The zero-order chi connectivity index (χ0) is 23.8. The van der Waals surface area contributed by atoms with E-state index in [0.717, 1.165) is 23.5 Å². The van der Waals surface area contributed by atoms with Gasteiger partial charge in [0.15, 0.2) is 18.3 Å². The summed E-state index contributed by atoms with van der Waals surface area (Å²) in [5.41, 5.74) is -1.77. The van der Waals surface area contributed by atoms with E-state index < -0.39 is 49.2 Å². The number of ether oxygens (including phenoxy) is 5. The molecule has 3 aliphatic rings. The molecule has 4 heterocycles. The van der Waals surface area contributed by atoms with Crippen molar-refractivity contribution in [2.24, 2.45) is 0 Å². The van der Waals surface area contributed by atoms with Crippen LogP contribution in [-0.4, -0.2) is 66.4 Å². The quantitative estimate of drug-likeness (QED) is 0.499. The number of aromatic amines is 1. The van der Waals surface area contributed by atoms with Gasteiger partial charge in [0.2, 0.25) is 0 Å². The van der Waals surface area contributed by atoms with Gasteiger partial charge in [-0.1, -0.05) is 0 Å². The van der Waals surface area contributed by atoms with Gasteiger partial charge < -0.3 is 32.7 Å². The summed E-state index contributed by atoms with van der Waals surface area (Å²) >= 11 is 0. The first-order valence-corrected chi connectivity index (χ1v) is 12.7. The molecule has 1 aromatic rings. The molecule has 1 N–H and O–H groups in total. The lowest BCUT2D eigenvalue weighted by Gasteiger charge is -2.27. The third kappa shape index (κ3) is 5.03. The summed E-state index contributed by atoms with van der Waals surface area (Å²) in [6.45, 7) is 7.64.